The van der Waals surface area contributed by atoms with Gasteiger partial charge in [-0.25, -0.2) is 8.78 Å². The highest BCUT2D eigenvalue weighted by Crippen LogP contribution is 2.40. The second-order valence-corrected chi connectivity index (χ2v) is 5.08. The number of hydrogen-bond acceptors (Lipinski definition) is 3. The molecule has 114 valence electrons. The van der Waals surface area contributed by atoms with Crippen LogP contribution in [0.3, 0.4) is 0 Å². The molecule has 0 bridgehead atoms. The number of halogens is 2. The number of hydrogen-bond donors (Lipinski definition) is 2. The van der Waals surface area contributed by atoms with Crippen LogP contribution in [0.25, 0.3) is 0 Å². The van der Waals surface area contributed by atoms with Gasteiger partial charge >= 0.3 is 5.97 Å². The van der Waals surface area contributed by atoms with E-state index in [1.54, 1.807) is 0 Å². The summed E-state index contributed by atoms with van der Waals surface area (Å²) in [5.74, 6) is -3.35. The van der Waals surface area contributed by atoms with Gasteiger partial charge in [0.05, 0.1) is 5.41 Å². The smallest absolute Gasteiger partial charge is 0.311 e. The van der Waals surface area contributed by atoms with Crippen LogP contribution in [-0.4, -0.2) is 30.1 Å². The number of rotatable bonds is 6. The molecule has 1 fully saturated rings. The lowest BCUT2D eigenvalue weighted by Crippen LogP contribution is -2.48. The monoisotopic (exact) mass is 299 g/mol. The molecule has 1 aliphatic rings. The molecule has 21 heavy (non-hydrogen) atoms. The van der Waals surface area contributed by atoms with Crippen LogP contribution in [0.5, 0.6) is 5.75 Å². The van der Waals surface area contributed by atoms with Crippen molar-refractivity contribution < 1.29 is 28.2 Å². The van der Waals surface area contributed by atoms with Crippen molar-refractivity contribution in [2.24, 2.45) is 5.41 Å². The lowest BCUT2D eigenvalue weighted by Gasteiger charge is -2.37. The fourth-order valence-electron chi connectivity index (χ4n) is 2.12. The van der Waals surface area contributed by atoms with E-state index in [9.17, 15) is 18.4 Å². The largest absolute Gasteiger partial charge is 0.481 e. The molecule has 1 amide bonds. The molecule has 1 aromatic carbocycles. The molecule has 0 spiro atoms. The Labute approximate surface area is 119 Å². The molecule has 1 aromatic rings. The van der Waals surface area contributed by atoms with Gasteiger partial charge in [-0.2, -0.15) is 0 Å². The minimum atomic E-state index is -0.931. The molecule has 0 aromatic heterocycles. The van der Waals surface area contributed by atoms with Gasteiger partial charge in [-0.3, -0.25) is 9.59 Å². The summed E-state index contributed by atoms with van der Waals surface area (Å²) in [5, 5.41) is 11.6. The van der Waals surface area contributed by atoms with Gasteiger partial charge < -0.3 is 15.2 Å². The zero-order chi connectivity index (χ0) is 15.5. The van der Waals surface area contributed by atoms with Crippen LogP contribution in [0.4, 0.5) is 8.78 Å². The maximum absolute atomic E-state index is 13.3. The summed E-state index contributed by atoms with van der Waals surface area (Å²) in [7, 11) is 0. The lowest BCUT2D eigenvalue weighted by atomic mass is 9.69. The topological polar surface area (TPSA) is 75.6 Å². The Balaban J connectivity index is 1.81. The molecular weight excluding hydrogens is 284 g/mol. The van der Waals surface area contributed by atoms with Gasteiger partial charge in [0.15, 0.2) is 18.2 Å². The van der Waals surface area contributed by atoms with Crippen LogP contribution < -0.4 is 10.1 Å². The minimum absolute atomic E-state index is 0.0242. The van der Waals surface area contributed by atoms with E-state index in [4.69, 9.17) is 9.84 Å². The number of benzene rings is 1. The Morgan fingerprint density at radius 3 is 2.57 bits per heavy atom. The average molecular weight is 299 g/mol. The Morgan fingerprint density at radius 2 is 2.05 bits per heavy atom. The number of amides is 1. The number of ether oxygens (including phenoxy) is 1. The first-order valence-electron chi connectivity index (χ1n) is 6.51. The summed E-state index contributed by atoms with van der Waals surface area (Å²) < 4.78 is 30.9. The summed E-state index contributed by atoms with van der Waals surface area (Å²) in [5.41, 5.74) is -0.892. The second kappa shape index (κ2) is 6.07. The summed E-state index contributed by atoms with van der Waals surface area (Å²) >= 11 is 0. The zero-order valence-corrected chi connectivity index (χ0v) is 11.2. The van der Waals surface area contributed by atoms with Crippen molar-refractivity contribution in [2.45, 2.75) is 19.3 Å². The van der Waals surface area contributed by atoms with Crippen molar-refractivity contribution >= 4 is 11.9 Å². The van der Waals surface area contributed by atoms with Gasteiger partial charge in [-0.1, -0.05) is 6.42 Å². The lowest BCUT2D eigenvalue weighted by molar-refractivity contribution is -0.154. The van der Waals surface area contributed by atoms with Crippen LogP contribution in [0.1, 0.15) is 19.3 Å². The van der Waals surface area contributed by atoms with E-state index in [1.807, 2.05) is 0 Å². The first-order chi connectivity index (χ1) is 9.93. The van der Waals surface area contributed by atoms with Crippen molar-refractivity contribution in [3.63, 3.8) is 0 Å². The first-order valence-corrected chi connectivity index (χ1v) is 6.51. The molecule has 2 N–H and O–H groups in total. The van der Waals surface area contributed by atoms with Crippen LogP contribution in [-0.2, 0) is 9.59 Å². The molecule has 0 heterocycles. The van der Waals surface area contributed by atoms with Crippen LogP contribution in [0.15, 0.2) is 18.2 Å². The predicted octanol–water partition coefficient (Wildman–Crippen LogP) is 1.71. The Kier molecular flexibility index (Phi) is 4.40. The fraction of sp³-hybridized carbons (Fsp3) is 0.429. The summed E-state index contributed by atoms with van der Waals surface area (Å²) in [6, 6.07) is 2.76. The van der Waals surface area contributed by atoms with E-state index < -0.39 is 35.5 Å². The number of carbonyl (C=O) groups is 2. The highest BCUT2D eigenvalue weighted by molar-refractivity contribution is 5.80. The van der Waals surface area contributed by atoms with Crippen molar-refractivity contribution in [1.29, 1.82) is 0 Å². The van der Waals surface area contributed by atoms with E-state index in [-0.39, 0.29) is 12.3 Å². The van der Waals surface area contributed by atoms with Gasteiger partial charge in [0.2, 0.25) is 0 Å². The van der Waals surface area contributed by atoms with Crippen LogP contribution in [0.2, 0.25) is 0 Å². The molecule has 0 atom stereocenters. The second-order valence-electron chi connectivity index (χ2n) is 5.08. The maximum Gasteiger partial charge on any atom is 0.311 e. The maximum atomic E-state index is 13.3. The third kappa shape index (κ3) is 3.48. The number of aliphatic carboxylic acids is 1. The molecular formula is C14H15F2NO4. The molecule has 0 aliphatic heterocycles. The minimum Gasteiger partial charge on any atom is -0.481 e. The predicted molar refractivity (Wildman–Crippen MR) is 68.8 cm³/mol. The van der Waals surface area contributed by atoms with Crippen molar-refractivity contribution in [3.05, 3.63) is 29.8 Å². The van der Waals surface area contributed by atoms with Gasteiger partial charge in [-0.05, 0) is 25.0 Å². The Bertz CT molecular complexity index is 558. The fourth-order valence-corrected chi connectivity index (χ4v) is 2.12. The van der Waals surface area contributed by atoms with E-state index in [0.29, 0.717) is 18.9 Å². The molecule has 7 heteroatoms. The summed E-state index contributed by atoms with van der Waals surface area (Å²) in [4.78, 5) is 22.7. The number of carbonyl (C=O) groups excluding carboxylic acids is 1. The number of carboxylic acids is 1. The molecule has 2 rings (SSSR count). The number of nitrogens with one attached hydrogen (secondary N) is 1. The highest BCUT2D eigenvalue weighted by Gasteiger charge is 2.44. The van der Waals surface area contributed by atoms with Crippen molar-refractivity contribution in [1.82, 2.24) is 5.32 Å². The molecule has 5 nitrogen and oxygen atoms in total. The average Bonchev–Trinajstić information content (AvgIpc) is 2.36. The van der Waals surface area contributed by atoms with Crippen LogP contribution >= 0.6 is 0 Å². The zero-order valence-electron chi connectivity index (χ0n) is 11.2. The molecule has 0 unspecified atom stereocenters. The van der Waals surface area contributed by atoms with Crippen molar-refractivity contribution in [3.8, 4) is 5.75 Å². The standard InChI is InChI=1S/C14H15F2NO4/c15-9-2-3-11(10(16)6-9)21-7-12(18)17-8-14(13(19)20)4-1-5-14/h2-3,6H,1,4-5,7-8H2,(H,17,18)(H,19,20). The Morgan fingerprint density at radius 1 is 1.33 bits per heavy atom. The first kappa shape index (κ1) is 15.2. The highest BCUT2D eigenvalue weighted by atomic mass is 19.1. The van der Waals surface area contributed by atoms with Gasteiger partial charge in [0.1, 0.15) is 5.82 Å². The molecule has 1 aliphatic carbocycles. The Hall–Kier alpha value is -2.18. The third-order valence-electron chi connectivity index (χ3n) is 3.64. The summed E-state index contributed by atoms with van der Waals surface area (Å²) in [6.45, 7) is -0.436. The van der Waals surface area contributed by atoms with Gasteiger partial charge in [0.25, 0.3) is 5.91 Å². The molecule has 1 saturated carbocycles. The van der Waals surface area contributed by atoms with E-state index in [1.165, 1.54) is 0 Å². The third-order valence-corrected chi connectivity index (χ3v) is 3.64. The van der Waals surface area contributed by atoms with E-state index >= 15 is 0 Å². The molecule has 0 saturated heterocycles. The molecule has 0 radical (unpaired) electrons. The normalized spacial score (nSPS) is 15.9. The van der Waals surface area contributed by atoms with Crippen LogP contribution in [0, 0.1) is 17.0 Å². The van der Waals surface area contributed by atoms with E-state index in [2.05, 4.69) is 5.32 Å². The van der Waals surface area contributed by atoms with Gasteiger partial charge in [-0.15, -0.1) is 0 Å². The number of carboxylic acid groups (broad SMARTS) is 1. The van der Waals surface area contributed by atoms with Crippen molar-refractivity contribution in [2.75, 3.05) is 13.2 Å². The van der Waals surface area contributed by atoms with Gasteiger partial charge in [0, 0.05) is 12.6 Å². The van der Waals surface area contributed by atoms with E-state index in [0.717, 1.165) is 18.6 Å². The summed E-state index contributed by atoms with van der Waals surface area (Å²) in [6.07, 6.45) is 1.87. The quantitative estimate of drug-likeness (QED) is 0.838. The SMILES string of the molecule is O=C(COc1ccc(F)cc1F)NCC1(C(=O)O)CCC1.